The van der Waals surface area contributed by atoms with Gasteiger partial charge in [-0.05, 0) is 26.4 Å². The molecule has 76 valence electrons. The molecule has 6 heteroatoms. The van der Waals surface area contributed by atoms with E-state index in [4.69, 9.17) is 0 Å². The van der Waals surface area contributed by atoms with Gasteiger partial charge in [0.25, 0.3) is 0 Å². The molecule has 14 heavy (non-hydrogen) atoms. The van der Waals surface area contributed by atoms with Gasteiger partial charge < -0.3 is 17.8 Å². The number of hydrogen-bond donors (Lipinski definition) is 0. The van der Waals surface area contributed by atoms with Crippen molar-refractivity contribution in [1.29, 1.82) is 0 Å². The summed E-state index contributed by atoms with van der Waals surface area (Å²) in [6.45, 7) is -1.81. The molecule has 0 heterocycles. The molecule has 0 unspecified atom stereocenters. The normalized spacial score (nSPS) is 17.5. The molecule has 1 aliphatic rings. The molecule has 0 spiro atoms. The number of hydrogen-bond acceptors (Lipinski definition) is 1. The van der Waals surface area contributed by atoms with Crippen LogP contribution < -0.4 is 51.4 Å². The molecule has 0 atom stereocenters. The molecule has 0 N–H and O–H groups in total. The Hall–Kier alpha value is 1.19. The second kappa shape index (κ2) is 6.06. The van der Waals surface area contributed by atoms with Gasteiger partial charge in [-0.15, -0.1) is 12.1 Å². The third-order valence-corrected chi connectivity index (χ3v) is 2.61. The quantitative estimate of drug-likeness (QED) is 0.585. The zero-order valence-corrected chi connectivity index (χ0v) is 11.9. The van der Waals surface area contributed by atoms with Crippen LogP contribution in [0.25, 0.3) is 0 Å². The molecule has 1 rings (SSSR count). The van der Waals surface area contributed by atoms with Crippen molar-refractivity contribution in [3.8, 4) is 0 Å². The Morgan fingerprint density at radius 1 is 1.43 bits per heavy atom. The number of rotatable bonds is 4. The van der Waals surface area contributed by atoms with Crippen molar-refractivity contribution in [3.63, 3.8) is 0 Å². The second-order valence-corrected chi connectivity index (χ2v) is 3.73. The Balaban J connectivity index is 0.00000169. The topological polar surface area (TPSA) is 3.24 Å². The predicted molar refractivity (Wildman–Crippen MR) is 48.5 cm³/mol. The zero-order chi connectivity index (χ0) is 10.1. The summed E-state index contributed by atoms with van der Waals surface area (Å²) >= 11 is 0. The maximum atomic E-state index is 12.1. The van der Waals surface area contributed by atoms with Crippen molar-refractivity contribution in [3.05, 3.63) is 12.1 Å². The molecule has 0 aromatic carbocycles. The molecule has 0 radical (unpaired) electrons. The Morgan fingerprint density at radius 2 is 1.93 bits per heavy atom. The van der Waals surface area contributed by atoms with Crippen molar-refractivity contribution in [1.82, 2.24) is 4.90 Å². The van der Waals surface area contributed by atoms with E-state index in [-0.39, 0.29) is 57.9 Å². The van der Waals surface area contributed by atoms with Crippen molar-refractivity contribution in [2.45, 2.75) is 25.3 Å². The van der Waals surface area contributed by atoms with Crippen LogP contribution >= 0.6 is 0 Å². The Bertz CT molecular complexity index is 203. The van der Waals surface area contributed by atoms with Gasteiger partial charge in [-0.25, -0.2) is 0 Å². The van der Waals surface area contributed by atoms with Gasteiger partial charge in [0.2, 0.25) is 0 Å². The first-order valence-corrected chi connectivity index (χ1v) is 4.49. The van der Waals surface area contributed by atoms with Gasteiger partial charge in [-0.1, -0.05) is 6.42 Å². The molecule has 0 amide bonds. The summed E-state index contributed by atoms with van der Waals surface area (Å²) in [5.41, 5.74) is -0.589. The van der Waals surface area contributed by atoms with Crippen LogP contribution in [0.4, 0.5) is 12.9 Å². The van der Waals surface area contributed by atoms with E-state index in [0.717, 1.165) is 19.3 Å². The van der Waals surface area contributed by atoms with Crippen LogP contribution in [-0.4, -0.2) is 31.5 Å². The van der Waals surface area contributed by atoms with Crippen LogP contribution in [0.5, 0.6) is 0 Å². The van der Waals surface area contributed by atoms with Crippen LogP contribution in [-0.2, 0) is 0 Å². The number of nitrogens with zero attached hydrogens (tertiary/aromatic N) is 1. The fourth-order valence-corrected chi connectivity index (χ4v) is 1.38. The third-order valence-electron chi connectivity index (χ3n) is 2.61. The van der Waals surface area contributed by atoms with Gasteiger partial charge in [0.1, 0.15) is 0 Å². The van der Waals surface area contributed by atoms with E-state index in [2.05, 4.69) is 6.58 Å². The van der Waals surface area contributed by atoms with Crippen molar-refractivity contribution >= 4 is 6.98 Å². The minimum absolute atomic E-state index is 0. The molecule has 0 aromatic rings. The molecule has 0 saturated heterocycles. The van der Waals surface area contributed by atoms with Gasteiger partial charge in [0.05, 0.1) is 0 Å². The molecule has 1 nitrogen and oxygen atoms in total. The smallest absolute Gasteiger partial charge is 0.445 e. The summed E-state index contributed by atoms with van der Waals surface area (Å²) in [5, 5.41) is 0. The largest absolute Gasteiger partial charge is 1.00 e. The summed E-state index contributed by atoms with van der Waals surface area (Å²) in [4.78, 5) is 1.75. The Labute approximate surface area is 126 Å². The van der Waals surface area contributed by atoms with E-state index in [1.54, 1.807) is 11.9 Å². The minimum Gasteiger partial charge on any atom is -0.445 e. The fraction of sp³-hybridized carbons (Fsp3) is 0.750. The minimum atomic E-state index is -4.85. The van der Waals surface area contributed by atoms with Gasteiger partial charge in [-0.3, -0.25) is 0 Å². The first kappa shape index (κ1) is 15.2. The number of likely N-dealkylation sites (N-methyl/N-ethyl adjacent to an activating group) is 1. The van der Waals surface area contributed by atoms with Gasteiger partial charge in [-0.2, -0.15) is 0 Å². The van der Waals surface area contributed by atoms with E-state index in [0.29, 0.717) is 6.04 Å². The average Bonchev–Trinajstić information content (AvgIpc) is 1.79. The van der Waals surface area contributed by atoms with E-state index < -0.39 is 12.4 Å². The first-order chi connectivity index (χ1) is 5.91. The monoisotopic (exact) mass is 231 g/mol. The maximum absolute atomic E-state index is 12.1. The summed E-state index contributed by atoms with van der Waals surface area (Å²) in [7, 11) is 1.73. The molecule has 0 aliphatic heterocycles. The first-order valence-electron chi connectivity index (χ1n) is 4.49. The van der Waals surface area contributed by atoms with E-state index in [9.17, 15) is 12.9 Å². The predicted octanol–water partition coefficient (Wildman–Crippen LogP) is -0.582. The second-order valence-electron chi connectivity index (χ2n) is 3.73. The molecule has 1 fully saturated rings. The molecule has 0 aromatic heterocycles. The Morgan fingerprint density at radius 3 is 2.21 bits per heavy atom. The van der Waals surface area contributed by atoms with Crippen LogP contribution in [0.1, 0.15) is 19.3 Å². The van der Waals surface area contributed by atoms with Crippen molar-refractivity contribution < 1.29 is 64.3 Å². The van der Waals surface area contributed by atoms with Gasteiger partial charge >= 0.3 is 58.4 Å². The molecule has 1 aliphatic carbocycles. The molecule has 1 saturated carbocycles. The van der Waals surface area contributed by atoms with Crippen molar-refractivity contribution in [2.75, 3.05) is 13.6 Å². The van der Waals surface area contributed by atoms with Gasteiger partial charge in [0, 0.05) is 6.04 Å². The summed E-state index contributed by atoms with van der Waals surface area (Å²) in [6, 6.07) is 0.342. The molecular formula is C8H14BF3KN. The third kappa shape index (κ3) is 4.37. The van der Waals surface area contributed by atoms with Crippen molar-refractivity contribution in [2.24, 2.45) is 0 Å². The fourth-order valence-electron chi connectivity index (χ4n) is 1.38. The Kier molecular flexibility index (Phi) is 6.57. The van der Waals surface area contributed by atoms with E-state index in [1.807, 2.05) is 0 Å². The van der Waals surface area contributed by atoms with Crippen LogP contribution in [0.15, 0.2) is 12.1 Å². The summed E-state index contributed by atoms with van der Waals surface area (Å²) in [6.07, 6.45) is 3.18. The van der Waals surface area contributed by atoms with Crippen LogP contribution in [0.2, 0.25) is 0 Å². The van der Waals surface area contributed by atoms with Gasteiger partial charge in [0.15, 0.2) is 0 Å². The van der Waals surface area contributed by atoms with Crippen LogP contribution in [0, 0.1) is 0 Å². The standard InChI is InChI=1S/C8H14BF3N.K/c1-7(9(10,11)12)6-13(2)8-4-3-5-8;/h8H,1,3-6H2,2H3;/q-1;+1. The van der Waals surface area contributed by atoms with E-state index in [1.165, 1.54) is 0 Å². The number of halogens is 3. The SMILES string of the molecule is C=C(CN(C)C1CCC1)[B-](F)(F)F.[K+]. The molecule has 0 bridgehead atoms. The average molecular weight is 231 g/mol. The van der Waals surface area contributed by atoms with E-state index >= 15 is 0 Å². The summed E-state index contributed by atoms with van der Waals surface area (Å²) < 4.78 is 36.4. The summed E-state index contributed by atoms with van der Waals surface area (Å²) in [5.74, 6) is 0. The maximum Gasteiger partial charge on any atom is 1.00 e. The van der Waals surface area contributed by atoms with Crippen LogP contribution in [0.3, 0.4) is 0 Å². The zero-order valence-electron chi connectivity index (χ0n) is 8.77. The molecular weight excluding hydrogens is 217 g/mol.